The second-order valence-corrected chi connectivity index (χ2v) is 12.0. The van der Waals surface area contributed by atoms with E-state index in [0.717, 1.165) is 6.26 Å². The molecule has 0 saturated heterocycles. The van der Waals surface area contributed by atoms with Gasteiger partial charge >= 0.3 is 0 Å². The molecule has 6 heteroatoms. The van der Waals surface area contributed by atoms with E-state index >= 15 is 0 Å². The van der Waals surface area contributed by atoms with Crippen LogP contribution in [0.15, 0.2) is 12.2 Å². The van der Waals surface area contributed by atoms with Crippen LogP contribution >= 0.6 is 0 Å². The van der Waals surface area contributed by atoms with E-state index in [1.54, 1.807) is 12.2 Å². The van der Waals surface area contributed by atoms with Gasteiger partial charge in [-0.2, -0.15) is 8.42 Å². The number of rotatable bonds is 6. The van der Waals surface area contributed by atoms with E-state index in [9.17, 15) is 8.42 Å². The predicted molar refractivity (Wildman–Crippen MR) is 73.1 cm³/mol. The SMILES string of the molecule is CC(C)(C)[Si](C)(C)OC/C=C/COS(C)(=O)=O. The summed E-state index contributed by atoms with van der Waals surface area (Å²) in [6.07, 6.45) is 4.49. The molecule has 0 heterocycles. The molecular weight excluding hydrogens is 256 g/mol. The molecule has 0 saturated carbocycles. The summed E-state index contributed by atoms with van der Waals surface area (Å²) in [5.41, 5.74) is 0. The highest BCUT2D eigenvalue weighted by molar-refractivity contribution is 7.85. The van der Waals surface area contributed by atoms with E-state index in [4.69, 9.17) is 4.43 Å². The van der Waals surface area contributed by atoms with Crippen LogP contribution in [0.5, 0.6) is 0 Å². The van der Waals surface area contributed by atoms with Gasteiger partial charge in [0.1, 0.15) is 0 Å². The van der Waals surface area contributed by atoms with Gasteiger partial charge in [0.2, 0.25) is 0 Å². The summed E-state index contributed by atoms with van der Waals surface area (Å²) in [6.45, 7) is 11.5. The molecular formula is C11H24O4SSi. The fraction of sp³-hybridized carbons (Fsp3) is 0.818. The van der Waals surface area contributed by atoms with Crippen molar-refractivity contribution in [1.82, 2.24) is 0 Å². The minimum atomic E-state index is -3.35. The zero-order valence-corrected chi connectivity index (χ0v) is 13.4. The quantitative estimate of drug-likeness (QED) is 0.426. The molecule has 0 bridgehead atoms. The molecule has 0 radical (unpaired) electrons. The number of hydrogen-bond donors (Lipinski definition) is 0. The second kappa shape index (κ2) is 6.13. The minimum Gasteiger partial charge on any atom is -0.413 e. The van der Waals surface area contributed by atoms with Crippen molar-refractivity contribution in [3.05, 3.63) is 12.2 Å². The fourth-order valence-electron chi connectivity index (χ4n) is 0.772. The molecule has 0 fully saturated rings. The van der Waals surface area contributed by atoms with Crippen molar-refractivity contribution in [2.24, 2.45) is 0 Å². The van der Waals surface area contributed by atoms with Gasteiger partial charge in [-0.1, -0.05) is 32.9 Å². The number of hydrogen-bond acceptors (Lipinski definition) is 4. The third kappa shape index (κ3) is 7.70. The van der Waals surface area contributed by atoms with E-state index < -0.39 is 18.4 Å². The van der Waals surface area contributed by atoms with Crippen LogP contribution in [0, 0.1) is 0 Å². The first-order valence-corrected chi connectivity index (χ1v) is 10.3. The summed E-state index contributed by atoms with van der Waals surface area (Å²) >= 11 is 0. The Morgan fingerprint density at radius 2 is 1.59 bits per heavy atom. The normalized spacial score (nSPS) is 14.5. The van der Waals surface area contributed by atoms with Crippen LogP contribution < -0.4 is 0 Å². The Labute approximate surface area is 106 Å². The lowest BCUT2D eigenvalue weighted by atomic mass is 10.2. The summed E-state index contributed by atoms with van der Waals surface area (Å²) in [6, 6.07) is 0. The zero-order chi connectivity index (χ0) is 13.7. The second-order valence-electron chi connectivity index (χ2n) is 5.53. The topological polar surface area (TPSA) is 52.6 Å². The highest BCUT2D eigenvalue weighted by Gasteiger charge is 2.36. The monoisotopic (exact) mass is 280 g/mol. The largest absolute Gasteiger partial charge is 0.413 e. The van der Waals surface area contributed by atoms with Gasteiger partial charge in [-0.05, 0) is 18.1 Å². The maximum atomic E-state index is 10.7. The van der Waals surface area contributed by atoms with Gasteiger partial charge in [-0.25, -0.2) is 0 Å². The van der Waals surface area contributed by atoms with E-state index in [2.05, 4.69) is 38.0 Å². The van der Waals surface area contributed by atoms with E-state index in [1.165, 1.54) is 0 Å². The Balaban J connectivity index is 3.97. The van der Waals surface area contributed by atoms with Gasteiger partial charge in [0.15, 0.2) is 8.32 Å². The van der Waals surface area contributed by atoms with Crippen molar-refractivity contribution in [2.45, 2.75) is 38.9 Å². The fourth-order valence-corrected chi connectivity index (χ4v) is 2.04. The Morgan fingerprint density at radius 1 is 1.12 bits per heavy atom. The van der Waals surface area contributed by atoms with Crippen molar-refractivity contribution >= 4 is 18.4 Å². The van der Waals surface area contributed by atoms with Crippen LogP contribution in [0.25, 0.3) is 0 Å². The summed E-state index contributed by atoms with van der Waals surface area (Å²) in [7, 11) is -5.06. The molecule has 0 aliphatic carbocycles. The van der Waals surface area contributed by atoms with Crippen LogP contribution in [0.2, 0.25) is 18.1 Å². The highest BCUT2D eigenvalue weighted by Crippen LogP contribution is 2.36. The van der Waals surface area contributed by atoms with Crippen molar-refractivity contribution in [3.8, 4) is 0 Å². The van der Waals surface area contributed by atoms with Gasteiger partial charge in [-0.15, -0.1) is 0 Å². The molecule has 0 aromatic heterocycles. The zero-order valence-electron chi connectivity index (χ0n) is 11.6. The standard InChI is InChI=1S/C11H24O4SSi/c1-11(2,3)17(5,6)15-10-8-7-9-14-16(4,12)13/h7-8H,9-10H2,1-6H3/b8-7+. The average Bonchev–Trinajstić information content (AvgIpc) is 2.07. The molecule has 0 N–H and O–H groups in total. The molecule has 0 spiro atoms. The highest BCUT2D eigenvalue weighted by atomic mass is 32.2. The first kappa shape index (κ1) is 16.8. The van der Waals surface area contributed by atoms with Gasteiger partial charge in [0, 0.05) is 0 Å². The summed E-state index contributed by atoms with van der Waals surface area (Å²) in [5, 5.41) is 0.185. The van der Waals surface area contributed by atoms with Crippen molar-refractivity contribution in [2.75, 3.05) is 19.5 Å². The van der Waals surface area contributed by atoms with Gasteiger partial charge < -0.3 is 4.43 Å². The van der Waals surface area contributed by atoms with Crippen molar-refractivity contribution in [3.63, 3.8) is 0 Å². The molecule has 0 aliphatic rings. The maximum absolute atomic E-state index is 10.7. The van der Waals surface area contributed by atoms with Crippen molar-refractivity contribution < 1.29 is 17.0 Å². The third-order valence-electron chi connectivity index (χ3n) is 2.89. The van der Waals surface area contributed by atoms with Crippen LogP contribution in [0.1, 0.15) is 20.8 Å². The lowest BCUT2D eigenvalue weighted by Gasteiger charge is -2.35. The Morgan fingerprint density at radius 3 is 2.00 bits per heavy atom. The first-order valence-electron chi connectivity index (χ1n) is 5.59. The van der Waals surface area contributed by atoms with Crippen LogP contribution in [-0.2, 0) is 18.7 Å². The van der Waals surface area contributed by atoms with Crippen LogP contribution in [0.3, 0.4) is 0 Å². The third-order valence-corrected chi connectivity index (χ3v) is 7.96. The van der Waals surface area contributed by atoms with Crippen LogP contribution in [-0.4, -0.2) is 36.2 Å². The van der Waals surface area contributed by atoms with E-state index in [1.807, 2.05) is 0 Å². The van der Waals surface area contributed by atoms with Crippen molar-refractivity contribution in [1.29, 1.82) is 0 Å². The summed E-state index contributed by atoms with van der Waals surface area (Å²) in [5.74, 6) is 0. The smallest absolute Gasteiger partial charge is 0.264 e. The molecule has 0 aromatic rings. The summed E-state index contributed by atoms with van der Waals surface area (Å²) in [4.78, 5) is 0. The molecule has 0 aliphatic heterocycles. The Bertz CT molecular complexity index is 352. The molecule has 0 aromatic carbocycles. The molecule has 0 amide bonds. The molecule has 0 atom stereocenters. The minimum absolute atomic E-state index is 0.0691. The lowest BCUT2D eigenvalue weighted by Crippen LogP contribution is -2.40. The molecule has 0 unspecified atom stereocenters. The Hall–Kier alpha value is -0.173. The van der Waals surface area contributed by atoms with Gasteiger partial charge in [0.05, 0.1) is 19.5 Å². The molecule has 4 nitrogen and oxygen atoms in total. The first-order chi connectivity index (χ1) is 7.46. The predicted octanol–water partition coefficient (Wildman–Crippen LogP) is 2.54. The molecule has 17 heavy (non-hydrogen) atoms. The van der Waals surface area contributed by atoms with E-state index in [0.29, 0.717) is 6.61 Å². The maximum Gasteiger partial charge on any atom is 0.264 e. The van der Waals surface area contributed by atoms with Crippen LogP contribution in [0.4, 0.5) is 0 Å². The molecule has 102 valence electrons. The summed E-state index contributed by atoms with van der Waals surface area (Å²) < 4.78 is 31.8. The lowest BCUT2D eigenvalue weighted by molar-refractivity contribution is 0.324. The van der Waals surface area contributed by atoms with Gasteiger partial charge in [0.25, 0.3) is 10.1 Å². The Kier molecular flexibility index (Phi) is 6.07. The van der Waals surface area contributed by atoms with Gasteiger partial charge in [-0.3, -0.25) is 4.18 Å². The average molecular weight is 280 g/mol. The van der Waals surface area contributed by atoms with E-state index in [-0.39, 0.29) is 11.6 Å². The molecule has 0 rings (SSSR count).